The molecule has 1 amide bonds. The quantitative estimate of drug-likeness (QED) is 0.606. The number of hydrogen-bond donors (Lipinski definition) is 2. The maximum Gasteiger partial charge on any atom is 0.281 e. The van der Waals surface area contributed by atoms with Crippen molar-refractivity contribution in [3.05, 3.63) is 53.6 Å². The summed E-state index contributed by atoms with van der Waals surface area (Å²) in [6, 6.07) is 12.0. The van der Waals surface area contributed by atoms with E-state index >= 15 is 0 Å². The van der Waals surface area contributed by atoms with E-state index in [2.05, 4.69) is 10.0 Å². The highest BCUT2D eigenvalue weighted by Crippen LogP contribution is 2.23. The van der Waals surface area contributed by atoms with E-state index in [1.54, 1.807) is 24.3 Å². The van der Waals surface area contributed by atoms with Gasteiger partial charge >= 0.3 is 0 Å². The van der Waals surface area contributed by atoms with Gasteiger partial charge in [0.2, 0.25) is 5.91 Å². The molecule has 2 N–H and O–H groups in total. The molecule has 0 saturated carbocycles. The van der Waals surface area contributed by atoms with Crippen LogP contribution in [0.5, 0.6) is 0 Å². The lowest BCUT2D eigenvalue weighted by Gasteiger charge is -2.32. The Labute approximate surface area is 193 Å². The van der Waals surface area contributed by atoms with Gasteiger partial charge in [-0.25, -0.2) is 8.42 Å². The first-order valence-electron chi connectivity index (χ1n) is 9.86. The molecule has 1 fully saturated rings. The van der Waals surface area contributed by atoms with E-state index in [9.17, 15) is 21.6 Å². The number of benzene rings is 2. The summed E-state index contributed by atoms with van der Waals surface area (Å²) in [6.45, 7) is 0.474. The Morgan fingerprint density at radius 2 is 1.59 bits per heavy atom. The van der Waals surface area contributed by atoms with Gasteiger partial charge in [0.05, 0.1) is 10.8 Å². The third kappa shape index (κ3) is 5.78. The fourth-order valence-corrected chi connectivity index (χ4v) is 5.67. The van der Waals surface area contributed by atoms with Gasteiger partial charge in [-0.1, -0.05) is 11.6 Å². The molecule has 0 unspecified atom stereocenters. The molecule has 9 nitrogen and oxygen atoms in total. The van der Waals surface area contributed by atoms with Crippen molar-refractivity contribution in [1.82, 2.24) is 8.61 Å². The largest absolute Gasteiger partial charge is 0.326 e. The van der Waals surface area contributed by atoms with Gasteiger partial charge in [0, 0.05) is 43.6 Å². The molecule has 0 radical (unpaired) electrons. The molecule has 0 aliphatic carbocycles. The fourth-order valence-electron chi connectivity index (χ4n) is 3.29. The lowest BCUT2D eigenvalue weighted by atomic mass is 9.99. The lowest BCUT2D eigenvalue weighted by molar-refractivity contribution is -0.120. The average molecular weight is 501 g/mol. The maximum atomic E-state index is 12.7. The minimum Gasteiger partial charge on any atom is -0.326 e. The molecule has 1 heterocycles. The van der Waals surface area contributed by atoms with E-state index in [1.165, 1.54) is 42.7 Å². The number of carbonyl (C=O) groups is 1. The summed E-state index contributed by atoms with van der Waals surface area (Å²) in [4.78, 5) is 12.7. The highest BCUT2D eigenvalue weighted by atomic mass is 35.5. The predicted octanol–water partition coefficient (Wildman–Crippen LogP) is 2.60. The van der Waals surface area contributed by atoms with Gasteiger partial charge in [0.1, 0.15) is 0 Å². The van der Waals surface area contributed by atoms with Crippen LogP contribution in [0.2, 0.25) is 5.02 Å². The Hall–Kier alpha value is -2.18. The first kappa shape index (κ1) is 24.5. The SMILES string of the molecule is CN(C)S(=O)(=O)N1CCC[C@@H](C(=O)Nc2ccc(S(=O)(=O)Nc3ccc(Cl)cc3)cc2)C1. The van der Waals surface area contributed by atoms with E-state index in [-0.39, 0.29) is 17.3 Å². The van der Waals surface area contributed by atoms with Gasteiger partial charge < -0.3 is 5.32 Å². The number of nitrogens with one attached hydrogen (secondary N) is 2. The van der Waals surface area contributed by atoms with Gasteiger partial charge in [-0.15, -0.1) is 0 Å². The zero-order valence-electron chi connectivity index (χ0n) is 17.7. The third-order valence-corrected chi connectivity index (χ3v) is 8.63. The zero-order chi connectivity index (χ0) is 23.5. The summed E-state index contributed by atoms with van der Waals surface area (Å²) in [5, 5.41) is 3.24. The molecule has 1 aliphatic heterocycles. The molecule has 32 heavy (non-hydrogen) atoms. The summed E-state index contributed by atoms with van der Waals surface area (Å²) in [5.74, 6) is -0.799. The minimum atomic E-state index is -3.81. The molecule has 1 aliphatic rings. The van der Waals surface area contributed by atoms with Crippen molar-refractivity contribution in [2.75, 3.05) is 37.2 Å². The summed E-state index contributed by atoms with van der Waals surface area (Å²) >= 11 is 5.81. The van der Waals surface area contributed by atoms with Crippen molar-refractivity contribution in [3.63, 3.8) is 0 Å². The predicted molar refractivity (Wildman–Crippen MR) is 124 cm³/mol. The monoisotopic (exact) mass is 500 g/mol. The van der Waals surface area contributed by atoms with Crippen molar-refractivity contribution in [1.29, 1.82) is 0 Å². The molecule has 3 rings (SSSR count). The number of rotatable bonds is 7. The van der Waals surface area contributed by atoms with Crippen LogP contribution >= 0.6 is 11.6 Å². The molecule has 1 atom stereocenters. The molecular weight excluding hydrogens is 476 g/mol. The number of amides is 1. The minimum absolute atomic E-state index is 0.0337. The van der Waals surface area contributed by atoms with E-state index in [4.69, 9.17) is 11.6 Å². The van der Waals surface area contributed by atoms with Gasteiger partial charge in [0.25, 0.3) is 20.2 Å². The molecule has 1 saturated heterocycles. The van der Waals surface area contributed by atoms with Gasteiger partial charge in [-0.05, 0) is 61.4 Å². The number of sulfonamides is 1. The molecule has 2 aromatic rings. The summed E-state index contributed by atoms with van der Waals surface area (Å²) in [6.07, 6.45) is 1.15. The Balaban J connectivity index is 1.65. The normalized spacial score (nSPS) is 17.8. The topological polar surface area (TPSA) is 116 Å². The van der Waals surface area contributed by atoms with Crippen LogP contribution in [0.3, 0.4) is 0 Å². The van der Waals surface area contributed by atoms with Crippen LogP contribution in [0, 0.1) is 5.92 Å². The molecule has 2 aromatic carbocycles. The average Bonchev–Trinajstić information content (AvgIpc) is 2.75. The van der Waals surface area contributed by atoms with Gasteiger partial charge in [-0.2, -0.15) is 17.0 Å². The standard InChI is InChI=1S/C20H25ClN4O5S2/c1-24(2)32(29,30)25-13-3-4-15(14-25)20(26)22-17-9-11-19(12-10-17)31(27,28)23-18-7-5-16(21)6-8-18/h5-12,15,23H,3-4,13-14H2,1-2H3,(H,22,26)/t15-/m1/s1. The van der Waals surface area contributed by atoms with Crippen LogP contribution in [0.25, 0.3) is 0 Å². The number of hydrogen-bond acceptors (Lipinski definition) is 5. The highest BCUT2D eigenvalue weighted by Gasteiger charge is 2.33. The van der Waals surface area contributed by atoms with Crippen molar-refractivity contribution < 1.29 is 21.6 Å². The number of anilines is 2. The second-order valence-corrected chi connectivity index (χ2v) is 11.9. The Morgan fingerprint density at radius 1 is 1.00 bits per heavy atom. The first-order valence-corrected chi connectivity index (χ1v) is 13.1. The molecular formula is C20H25ClN4O5S2. The van der Waals surface area contributed by atoms with Crippen molar-refractivity contribution in [2.45, 2.75) is 17.7 Å². The van der Waals surface area contributed by atoms with Gasteiger partial charge in [0.15, 0.2) is 0 Å². The molecule has 12 heteroatoms. The van der Waals surface area contributed by atoms with E-state index in [0.29, 0.717) is 35.8 Å². The Bertz CT molecular complexity index is 1170. The summed E-state index contributed by atoms with van der Waals surface area (Å²) in [5.41, 5.74) is 0.800. The second kappa shape index (κ2) is 9.75. The Kier molecular flexibility index (Phi) is 7.46. The van der Waals surface area contributed by atoms with Crippen molar-refractivity contribution in [3.8, 4) is 0 Å². The van der Waals surface area contributed by atoms with E-state index in [1.807, 2.05) is 0 Å². The highest BCUT2D eigenvalue weighted by molar-refractivity contribution is 7.92. The van der Waals surface area contributed by atoms with E-state index in [0.717, 1.165) is 4.31 Å². The number of nitrogens with zero attached hydrogens (tertiary/aromatic N) is 2. The van der Waals surface area contributed by atoms with Crippen LogP contribution in [-0.4, -0.2) is 58.5 Å². The molecule has 0 spiro atoms. The molecule has 174 valence electrons. The lowest BCUT2D eigenvalue weighted by Crippen LogP contribution is -2.47. The van der Waals surface area contributed by atoms with Crippen LogP contribution < -0.4 is 10.0 Å². The van der Waals surface area contributed by atoms with Gasteiger partial charge in [-0.3, -0.25) is 9.52 Å². The summed E-state index contributed by atoms with van der Waals surface area (Å²) < 4.78 is 54.7. The number of piperidine rings is 1. The molecule has 0 bridgehead atoms. The summed E-state index contributed by atoms with van der Waals surface area (Å²) in [7, 11) is -4.48. The third-order valence-electron chi connectivity index (χ3n) is 5.07. The van der Waals surface area contributed by atoms with Crippen molar-refractivity contribution in [2.24, 2.45) is 5.92 Å². The second-order valence-electron chi connectivity index (χ2n) is 7.61. The van der Waals surface area contributed by atoms with Crippen LogP contribution in [0.1, 0.15) is 12.8 Å². The Morgan fingerprint density at radius 3 is 2.19 bits per heavy atom. The molecule has 0 aromatic heterocycles. The first-order chi connectivity index (χ1) is 15.0. The number of carbonyl (C=O) groups excluding carboxylic acids is 1. The fraction of sp³-hybridized carbons (Fsp3) is 0.350. The van der Waals surface area contributed by atoms with E-state index < -0.39 is 26.2 Å². The number of halogens is 1. The maximum absolute atomic E-state index is 12.7. The van der Waals surface area contributed by atoms with Crippen molar-refractivity contribution >= 4 is 49.1 Å². The van der Waals surface area contributed by atoms with Crippen LogP contribution in [0.15, 0.2) is 53.4 Å². The zero-order valence-corrected chi connectivity index (χ0v) is 20.0. The smallest absolute Gasteiger partial charge is 0.281 e. The van der Waals surface area contributed by atoms with Crippen LogP contribution in [0.4, 0.5) is 11.4 Å². The van der Waals surface area contributed by atoms with Crippen LogP contribution in [-0.2, 0) is 25.0 Å².